The number of ether oxygens (including phenoxy) is 2. The van der Waals surface area contributed by atoms with Gasteiger partial charge in [0.25, 0.3) is 11.5 Å². The molecule has 4 rings (SSSR count). The van der Waals surface area contributed by atoms with Gasteiger partial charge < -0.3 is 14.8 Å². The van der Waals surface area contributed by atoms with Gasteiger partial charge in [-0.25, -0.2) is 13.1 Å². The molecule has 1 aromatic heterocycles. The minimum absolute atomic E-state index is 0.0317. The van der Waals surface area contributed by atoms with Gasteiger partial charge >= 0.3 is 0 Å². The number of methoxy groups -OCH3 is 1. The van der Waals surface area contributed by atoms with E-state index in [-0.39, 0.29) is 34.9 Å². The summed E-state index contributed by atoms with van der Waals surface area (Å²) in [4.78, 5) is 26.5. The number of aromatic nitrogens is 2. The maximum Gasteiger partial charge on any atom is 0.276 e. The molecule has 0 unspecified atom stereocenters. The molecular formula is C26H32N4O6S. The molecule has 0 aliphatic carbocycles. The number of morpholine rings is 1. The Hall–Kier alpha value is -3.28. The normalized spacial score (nSPS) is 14.5. The first-order valence-electron chi connectivity index (χ1n) is 12.4. The summed E-state index contributed by atoms with van der Waals surface area (Å²) in [5.74, 6) is -0.274. The second-order valence-corrected chi connectivity index (χ2v) is 10.8. The number of nitrogens with zero attached hydrogens (tertiary/aromatic N) is 3. The fraction of sp³-hybridized carbons (Fsp3) is 0.423. The molecule has 0 radical (unpaired) electrons. The van der Waals surface area contributed by atoms with Crippen LogP contribution in [0, 0.1) is 0 Å². The predicted molar refractivity (Wildman–Crippen MR) is 141 cm³/mol. The van der Waals surface area contributed by atoms with E-state index in [1.807, 2.05) is 0 Å². The van der Waals surface area contributed by atoms with Crippen LogP contribution in [-0.2, 0) is 21.3 Å². The number of carbonyl (C=O) groups is 1. The van der Waals surface area contributed by atoms with Crippen LogP contribution in [0.2, 0.25) is 0 Å². The summed E-state index contributed by atoms with van der Waals surface area (Å²) < 4.78 is 39.7. The number of aryl methyl sites for hydroxylation is 1. The molecule has 1 amide bonds. The molecule has 0 atom stereocenters. The molecule has 0 spiro atoms. The van der Waals surface area contributed by atoms with E-state index >= 15 is 0 Å². The van der Waals surface area contributed by atoms with E-state index in [9.17, 15) is 18.0 Å². The molecule has 3 aromatic rings. The average molecular weight is 529 g/mol. The predicted octanol–water partition coefficient (Wildman–Crippen LogP) is 3.26. The number of fused-ring (bicyclic) bond motifs is 1. The minimum Gasteiger partial charge on any atom is -0.495 e. The number of hydrogen-bond acceptors (Lipinski definition) is 7. The van der Waals surface area contributed by atoms with Gasteiger partial charge in [-0.3, -0.25) is 9.59 Å². The summed E-state index contributed by atoms with van der Waals surface area (Å²) >= 11 is 0. The Morgan fingerprint density at radius 2 is 1.81 bits per heavy atom. The second kappa shape index (κ2) is 11.8. The Balaban J connectivity index is 1.68. The topological polar surface area (TPSA) is 120 Å². The molecule has 1 saturated heterocycles. The van der Waals surface area contributed by atoms with Crippen molar-refractivity contribution in [3.63, 3.8) is 0 Å². The summed E-state index contributed by atoms with van der Waals surface area (Å²) in [5, 5.41) is 7.98. The highest BCUT2D eigenvalue weighted by atomic mass is 32.2. The molecule has 198 valence electrons. The summed E-state index contributed by atoms with van der Waals surface area (Å²) in [6.45, 7) is 3.67. The number of carbonyl (C=O) groups excluding carboxylic acids is 1. The Kier molecular flexibility index (Phi) is 8.57. The van der Waals surface area contributed by atoms with Gasteiger partial charge in [-0.05, 0) is 30.7 Å². The molecule has 11 heteroatoms. The maximum absolute atomic E-state index is 13.5. The van der Waals surface area contributed by atoms with Gasteiger partial charge in [-0.15, -0.1) is 0 Å². The van der Waals surface area contributed by atoms with E-state index < -0.39 is 15.9 Å². The summed E-state index contributed by atoms with van der Waals surface area (Å²) in [5.41, 5.74) is 0.0161. The highest BCUT2D eigenvalue weighted by Crippen LogP contribution is 2.30. The fourth-order valence-electron chi connectivity index (χ4n) is 4.31. The number of hydrogen-bond donors (Lipinski definition) is 1. The molecule has 2 aromatic carbocycles. The Labute approximate surface area is 216 Å². The minimum atomic E-state index is -3.79. The van der Waals surface area contributed by atoms with Crippen molar-refractivity contribution in [2.24, 2.45) is 0 Å². The Bertz CT molecular complexity index is 1430. The summed E-state index contributed by atoms with van der Waals surface area (Å²) in [7, 11) is -2.35. The van der Waals surface area contributed by atoms with Crippen LogP contribution in [0.4, 0.5) is 5.69 Å². The third-order valence-electron chi connectivity index (χ3n) is 6.33. The van der Waals surface area contributed by atoms with E-state index in [1.165, 1.54) is 34.3 Å². The van der Waals surface area contributed by atoms with Gasteiger partial charge in [-0.2, -0.15) is 9.40 Å². The van der Waals surface area contributed by atoms with E-state index in [2.05, 4.69) is 17.3 Å². The zero-order chi connectivity index (χ0) is 26.4. The van der Waals surface area contributed by atoms with E-state index in [0.29, 0.717) is 36.3 Å². The van der Waals surface area contributed by atoms with Gasteiger partial charge in [0.15, 0.2) is 5.69 Å². The Morgan fingerprint density at radius 3 is 2.51 bits per heavy atom. The standard InChI is InChI=1S/C26H32N4O6S/c1-3-4-5-8-13-30-26(32)21-10-7-6-9-20(21)24(28-30)25(31)27-22-18-19(11-12-23(22)35-2)37(33,34)29-14-16-36-17-15-29/h6-7,9-12,18H,3-5,8,13-17H2,1-2H3,(H,27,31). The van der Waals surface area contributed by atoms with Crippen molar-refractivity contribution in [1.29, 1.82) is 0 Å². The number of anilines is 1. The first-order valence-corrected chi connectivity index (χ1v) is 13.9. The smallest absolute Gasteiger partial charge is 0.276 e. The van der Waals surface area contributed by atoms with Crippen LogP contribution in [-0.4, -0.2) is 61.8 Å². The zero-order valence-electron chi connectivity index (χ0n) is 21.1. The van der Waals surface area contributed by atoms with Crippen molar-refractivity contribution in [3.05, 3.63) is 58.5 Å². The van der Waals surface area contributed by atoms with Gasteiger partial charge in [0.1, 0.15) is 5.75 Å². The molecule has 2 heterocycles. The molecule has 1 N–H and O–H groups in total. The fourth-order valence-corrected chi connectivity index (χ4v) is 5.74. The van der Waals surface area contributed by atoms with Crippen molar-refractivity contribution in [1.82, 2.24) is 14.1 Å². The molecule has 37 heavy (non-hydrogen) atoms. The third kappa shape index (κ3) is 5.84. The lowest BCUT2D eigenvalue weighted by atomic mass is 10.1. The Morgan fingerprint density at radius 1 is 1.08 bits per heavy atom. The molecule has 1 fully saturated rings. The lowest BCUT2D eigenvalue weighted by Gasteiger charge is -2.26. The van der Waals surface area contributed by atoms with Crippen molar-refractivity contribution >= 4 is 32.4 Å². The van der Waals surface area contributed by atoms with Crippen LogP contribution in [0.15, 0.2) is 52.2 Å². The molecule has 0 bridgehead atoms. The van der Waals surface area contributed by atoms with Crippen LogP contribution >= 0.6 is 0 Å². The van der Waals surface area contributed by atoms with E-state index in [0.717, 1.165) is 25.7 Å². The number of nitrogens with one attached hydrogen (secondary N) is 1. The monoisotopic (exact) mass is 528 g/mol. The van der Waals surface area contributed by atoms with Crippen molar-refractivity contribution in [2.75, 3.05) is 38.7 Å². The van der Waals surface area contributed by atoms with Crippen LogP contribution in [0.1, 0.15) is 43.1 Å². The van der Waals surface area contributed by atoms with Crippen molar-refractivity contribution in [3.8, 4) is 5.75 Å². The van der Waals surface area contributed by atoms with Gasteiger partial charge in [0.05, 0.1) is 36.3 Å². The van der Waals surface area contributed by atoms with Crippen molar-refractivity contribution in [2.45, 2.75) is 44.0 Å². The first kappa shape index (κ1) is 26.8. The lowest BCUT2D eigenvalue weighted by molar-refractivity contribution is 0.0730. The average Bonchev–Trinajstić information content (AvgIpc) is 2.92. The van der Waals surface area contributed by atoms with Crippen molar-refractivity contribution < 1.29 is 22.7 Å². The molecule has 0 saturated carbocycles. The number of benzene rings is 2. The second-order valence-electron chi connectivity index (χ2n) is 8.82. The number of rotatable bonds is 10. The highest BCUT2D eigenvalue weighted by molar-refractivity contribution is 7.89. The molecule has 1 aliphatic heterocycles. The summed E-state index contributed by atoms with van der Waals surface area (Å²) in [6.07, 6.45) is 3.85. The number of sulfonamides is 1. The van der Waals surface area contributed by atoms with E-state index in [4.69, 9.17) is 9.47 Å². The molecular weight excluding hydrogens is 496 g/mol. The maximum atomic E-state index is 13.5. The van der Waals surface area contributed by atoms with Crippen LogP contribution in [0.25, 0.3) is 10.8 Å². The lowest BCUT2D eigenvalue weighted by Crippen LogP contribution is -2.40. The molecule has 1 aliphatic rings. The highest BCUT2D eigenvalue weighted by Gasteiger charge is 2.28. The van der Waals surface area contributed by atoms with Gasteiger partial charge in [0.2, 0.25) is 10.0 Å². The third-order valence-corrected chi connectivity index (χ3v) is 8.23. The van der Waals surface area contributed by atoms with Crippen LogP contribution in [0.5, 0.6) is 5.75 Å². The van der Waals surface area contributed by atoms with Gasteiger partial charge in [-0.1, -0.05) is 44.4 Å². The van der Waals surface area contributed by atoms with Crippen LogP contribution in [0.3, 0.4) is 0 Å². The van der Waals surface area contributed by atoms with Gasteiger partial charge in [0, 0.05) is 25.0 Å². The van der Waals surface area contributed by atoms with Crippen LogP contribution < -0.4 is 15.6 Å². The summed E-state index contributed by atoms with van der Waals surface area (Å²) in [6, 6.07) is 11.2. The number of unbranched alkanes of at least 4 members (excludes halogenated alkanes) is 3. The SMILES string of the molecule is CCCCCCn1nc(C(=O)Nc2cc(S(=O)(=O)N3CCOCC3)ccc2OC)c2ccccc2c1=O. The molecule has 10 nitrogen and oxygen atoms in total. The largest absolute Gasteiger partial charge is 0.495 e. The van der Waals surface area contributed by atoms with E-state index in [1.54, 1.807) is 24.3 Å². The quantitative estimate of drug-likeness (QED) is 0.401. The zero-order valence-corrected chi connectivity index (χ0v) is 21.9. The number of amides is 1. The first-order chi connectivity index (χ1) is 17.9.